The summed E-state index contributed by atoms with van der Waals surface area (Å²) in [4.78, 5) is 19.7. The molecule has 0 radical (unpaired) electrons. The summed E-state index contributed by atoms with van der Waals surface area (Å²) in [5, 5.41) is 11.1. The van der Waals surface area contributed by atoms with Crippen LogP contribution in [-0.2, 0) is 6.42 Å². The zero-order chi connectivity index (χ0) is 17.9. The van der Waals surface area contributed by atoms with Crippen LogP contribution in [0.5, 0.6) is 0 Å². The molecule has 2 aromatic heterocycles. The average molecular weight is 324 g/mol. The van der Waals surface area contributed by atoms with E-state index in [1.54, 1.807) is 6.08 Å². The van der Waals surface area contributed by atoms with Gasteiger partial charge in [-0.15, -0.1) is 0 Å². The molecule has 0 saturated carbocycles. The van der Waals surface area contributed by atoms with Crippen LogP contribution in [0.15, 0.2) is 23.5 Å². The summed E-state index contributed by atoms with van der Waals surface area (Å²) < 4.78 is 0. The lowest BCUT2D eigenvalue weighted by Gasteiger charge is -2.16. The van der Waals surface area contributed by atoms with Crippen molar-refractivity contribution in [2.24, 2.45) is 0 Å². The molecule has 0 aliphatic heterocycles. The number of pyridine rings is 2. The summed E-state index contributed by atoms with van der Waals surface area (Å²) in [6, 6.07) is 4.04. The lowest BCUT2D eigenvalue weighted by molar-refractivity contribution is 0.886. The fourth-order valence-corrected chi connectivity index (χ4v) is 2.72. The molecule has 0 unspecified atom stereocenters. The van der Waals surface area contributed by atoms with Crippen LogP contribution in [0.4, 0.5) is 5.82 Å². The van der Waals surface area contributed by atoms with Crippen molar-refractivity contribution in [1.29, 1.82) is 5.41 Å². The third-order valence-electron chi connectivity index (χ3n) is 3.80. The minimum Gasteiger partial charge on any atom is -0.367 e. The van der Waals surface area contributed by atoms with Crippen LogP contribution >= 0.6 is 0 Å². The Morgan fingerprint density at radius 1 is 1.38 bits per heavy atom. The lowest BCUT2D eigenvalue weighted by Crippen LogP contribution is -2.18. The van der Waals surface area contributed by atoms with Crippen molar-refractivity contribution >= 4 is 18.1 Å². The summed E-state index contributed by atoms with van der Waals surface area (Å²) in [6.45, 7) is 11.6. The van der Waals surface area contributed by atoms with Gasteiger partial charge in [0.1, 0.15) is 5.82 Å². The van der Waals surface area contributed by atoms with Gasteiger partial charge in [-0.2, -0.15) is 0 Å². The number of aromatic amines is 1. The molecule has 0 fully saturated rings. The number of nitrogens with one attached hydrogen (secondary N) is 3. The zero-order valence-electron chi connectivity index (χ0n) is 14.7. The molecule has 0 amide bonds. The van der Waals surface area contributed by atoms with E-state index in [0.29, 0.717) is 23.4 Å². The van der Waals surface area contributed by atoms with Crippen molar-refractivity contribution in [1.82, 2.24) is 9.97 Å². The van der Waals surface area contributed by atoms with E-state index in [0.717, 1.165) is 22.5 Å². The van der Waals surface area contributed by atoms with Crippen molar-refractivity contribution in [2.75, 3.05) is 5.32 Å². The van der Waals surface area contributed by atoms with Gasteiger partial charge in [-0.1, -0.05) is 6.58 Å². The van der Waals surface area contributed by atoms with E-state index in [4.69, 9.17) is 5.41 Å². The maximum atomic E-state index is 12.3. The molecule has 2 heterocycles. The predicted octanol–water partition coefficient (Wildman–Crippen LogP) is 3.44. The lowest BCUT2D eigenvalue weighted by atomic mass is 9.97. The second-order valence-electron chi connectivity index (χ2n) is 6.24. The van der Waals surface area contributed by atoms with Gasteiger partial charge >= 0.3 is 0 Å². The second-order valence-corrected chi connectivity index (χ2v) is 6.24. The van der Waals surface area contributed by atoms with E-state index in [-0.39, 0.29) is 11.6 Å². The van der Waals surface area contributed by atoms with Crippen LogP contribution < -0.4 is 10.9 Å². The molecule has 2 rings (SSSR count). The molecule has 3 N–H and O–H groups in total. The monoisotopic (exact) mass is 324 g/mol. The van der Waals surface area contributed by atoms with Gasteiger partial charge in [-0.25, -0.2) is 4.98 Å². The van der Waals surface area contributed by atoms with Gasteiger partial charge in [0.15, 0.2) is 0 Å². The molecule has 0 atom stereocenters. The molecule has 5 nitrogen and oxygen atoms in total. The summed E-state index contributed by atoms with van der Waals surface area (Å²) in [7, 11) is 0. The number of anilines is 1. The number of aryl methyl sites for hydroxylation is 2. The number of aromatic nitrogens is 2. The third kappa shape index (κ3) is 3.79. The van der Waals surface area contributed by atoms with Gasteiger partial charge in [0, 0.05) is 35.5 Å². The molecule has 2 aromatic rings. The van der Waals surface area contributed by atoms with Crippen molar-refractivity contribution < 1.29 is 0 Å². The predicted molar refractivity (Wildman–Crippen MR) is 100 cm³/mol. The summed E-state index contributed by atoms with van der Waals surface area (Å²) in [6.07, 6.45) is 3.41. The Morgan fingerprint density at radius 2 is 2.08 bits per heavy atom. The summed E-state index contributed by atoms with van der Waals surface area (Å²) in [5.74, 6) is 0.647. The van der Waals surface area contributed by atoms with Crippen LogP contribution in [0, 0.1) is 19.3 Å². The first-order valence-corrected chi connectivity index (χ1v) is 7.98. The van der Waals surface area contributed by atoms with Gasteiger partial charge < -0.3 is 15.7 Å². The Hall–Kier alpha value is -2.69. The number of hydrogen-bond acceptors (Lipinski definition) is 4. The van der Waals surface area contributed by atoms with Crippen molar-refractivity contribution in [3.8, 4) is 0 Å². The Labute approximate surface area is 142 Å². The molecule has 5 heteroatoms. The maximum absolute atomic E-state index is 12.3. The Morgan fingerprint density at radius 3 is 2.62 bits per heavy atom. The quantitative estimate of drug-likeness (QED) is 0.712. The molecular formula is C19H24N4O. The smallest absolute Gasteiger partial charge is 0.251 e. The van der Waals surface area contributed by atoms with Crippen LogP contribution in [0.25, 0.3) is 6.08 Å². The largest absolute Gasteiger partial charge is 0.367 e. The van der Waals surface area contributed by atoms with Gasteiger partial charge in [0.05, 0.1) is 5.69 Å². The molecule has 24 heavy (non-hydrogen) atoms. The van der Waals surface area contributed by atoms with Gasteiger partial charge in [-0.05, 0) is 57.0 Å². The third-order valence-corrected chi connectivity index (χ3v) is 3.80. The summed E-state index contributed by atoms with van der Waals surface area (Å²) in [5.41, 5.74) is 4.73. The molecule has 0 aliphatic rings. The van der Waals surface area contributed by atoms with Crippen LogP contribution in [0.3, 0.4) is 0 Å². The first-order valence-electron chi connectivity index (χ1n) is 7.98. The van der Waals surface area contributed by atoms with E-state index < -0.39 is 0 Å². The first kappa shape index (κ1) is 17.7. The second kappa shape index (κ2) is 7.25. The van der Waals surface area contributed by atoms with Crippen LogP contribution in [0.1, 0.15) is 47.5 Å². The Balaban J connectivity index is 2.59. The highest BCUT2D eigenvalue weighted by Gasteiger charge is 2.14. The standard InChI is InChI=1S/C19H24N4O/c1-6-15-8-14(17(10-20)18(23-15)21-11(2)3)9-16-12(4)7-13(5)22-19(16)24/h6-8,10-11,20H,1,9H2,2-5H3,(H,21,23)(H,22,24). The van der Waals surface area contributed by atoms with Gasteiger partial charge in [0.25, 0.3) is 5.56 Å². The van der Waals surface area contributed by atoms with Crippen LogP contribution in [0.2, 0.25) is 0 Å². The first-order chi connectivity index (χ1) is 11.3. The number of hydrogen-bond donors (Lipinski definition) is 3. The van der Waals surface area contributed by atoms with Crippen molar-refractivity contribution in [3.63, 3.8) is 0 Å². The fourth-order valence-electron chi connectivity index (χ4n) is 2.72. The molecular weight excluding hydrogens is 300 g/mol. The van der Waals surface area contributed by atoms with E-state index in [1.165, 1.54) is 6.21 Å². The number of H-pyrrole nitrogens is 1. The summed E-state index contributed by atoms with van der Waals surface area (Å²) >= 11 is 0. The highest BCUT2D eigenvalue weighted by molar-refractivity contribution is 5.87. The minimum absolute atomic E-state index is 0.0845. The topological polar surface area (TPSA) is 81.6 Å². The molecule has 0 saturated heterocycles. The van der Waals surface area contributed by atoms with Crippen LogP contribution in [-0.4, -0.2) is 22.2 Å². The van der Waals surface area contributed by atoms with Crippen molar-refractivity contribution in [2.45, 2.75) is 40.2 Å². The van der Waals surface area contributed by atoms with Gasteiger partial charge in [0.2, 0.25) is 0 Å². The fraction of sp³-hybridized carbons (Fsp3) is 0.316. The van der Waals surface area contributed by atoms with E-state index in [9.17, 15) is 4.79 Å². The number of rotatable bonds is 6. The van der Waals surface area contributed by atoms with E-state index in [2.05, 4.69) is 21.9 Å². The minimum atomic E-state index is -0.0845. The van der Waals surface area contributed by atoms with Gasteiger partial charge in [-0.3, -0.25) is 4.79 Å². The molecule has 0 spiro atoms. The average Bonchev–Trinajstić information content (AvgIpc) is 2.49. The van der Waals surface area contributed by atoms with E-state index >= 15 is 0 Å². The normalized spacial score (nSPS) is 10.7. The van der Waals surface area contributed by atoms with E-state index in [1.807, 2.05) is 39.8 Å². The number of nitrogens with zero attached hydrogens (tertiary/aromatic N) is 1. The SMILES string of the molecule is C=Cc1cc(Cc2c(C)cc(C)[nH]c2=O)c(C=N)c(NC(C)C)n1. The zero-order valence-corrected chi connectivity index (χ0v) is 14.7. The molecule has 126 valence electrons. The Bertz CT molecular complexity index is 834. The molecule has 0 aliphatic carbocycles. The maximum Gasteiger partial charge on any atom is 0.251 e. The highest BCUT2D eigenvalue weighted by Crippen LogP contribution is 2.22. The molecule has 0 aromatic carbocycles. The molecule has 0 bridgehead atoms. The highest BCUT2D eigenvalue weighted by atomic mass is 16.1. The van der Waals surface area contributed by atoms with Crippen molar-refractivity contribution in [3.05, 3.63) is 62.7 Å². The Kier molecular flexibility index (Phi) is 5.34.